The van der Waals surface area contributed by atoms with Gasteiger partial charge in [0.1, 0.15) is 0 Å². The molecule has 0 amide bonds. The van der Waals surface area contributed by atoms with Crippen LogP contribution in [0.25, 0.3) is 0 Å². The Balaban J connectivity index is 1.70. The van der Waals surface area contributed by atoms with Gasteiger partial charge in [-0.2, -0.15) is 0 Å². The van der Waals surface area contributed by atoms with E-state index in [-0.39, 0.29) is 5.54 Å². The van der Waals surface area contributed by atoms with E-state index < -0.39 is 5.97 Å². The lowest BCUT2D eigenvalue weighted by Gasteiger charge is -2.54. The second kappa shape index (κ2) is 3.46. The van der Waals surface area contributed by atoms with Crippen molar-refractivity contribution in [3.8, 4) is 0 Å². The van der Waals surface area contributed by atoms with Gasteiger partial charge in [-0.25, -0.2) is 0 Å². The molecule has 3 rings (SSSR count). The predicted molar refractivity (Wildman–Crippen MR) is 61.3 cm³/mol. The summed E-state index contributed by atoms with van der Waals surface area (Å²) < 4.78 is 0. The fraction of sp³-hybridized carbons (Fsp3) is 0.923. The molecule has 0 bridgehead atoms. The zero-order valence-electron chi connectivity index (χ0n) is 9.87. The molecule has 2 saturated carbocycles. The highest BCUT2D eigenvalue weighted by molar-refractivity contribution is 5.68. The van der Waals surface area contributed by atoms with Gasteiger partial charge in [-0.1, -0.05) is 19.3 Å². The highest BCUT2D eigenvalue weighted by Crippen LogP contribution is 2.56. The molecular weight excluding hydrogens is 202 g/mol. The van der Waals surface area contributed by atoms with Crippen LogP contribution in [-0.4, -0.2) is 34.6 Å². The van der Waals surface area contributed by atoms with E-state index in [0.29, 0.717) is 11.8 Å². The Hall–Kier alpha value is -0.570. The molecule has 1 N–H and O–H groups in total. The smallest absolute Gasteiger partial charge is 0.305 e. The molecule has 1 spiro atoms. The molecule has 1 saturated heterocycles. The third-order valence-electron chi connectivity index (χ3n) is 4.95. The van der Waals surface area contributed by atoms with Crippen LogP contribution >= 0.6 is 0 Å². The van der Waals surface area contributed by atoms with E-state index in [4.69, 9.17) is 5.11 Å². The Morgan fingerprint density at radius 3 is 2.19 bits per heavy atom. The fourth-order valence-electron chi connectivity index (χ4n) is 3.69. The van der Waals surface area contributed by atoms with Gasteiger partial charge in [0.2, 0.25) is 0 Å². The summed E-state index contributed by atoms with van der Waals surface area (Å²) in [5, 5.41) is 9.12. The molecule has 1 heterocycles. The average Bonchev–Trinajstić information content (AvgIpc) is 2.95. The lowest BCUT2D eigenvalue weighted by Crippen LogP contribution is -2.62. The molecule has 16 heavy (non-hydrogen) atoms. The maximum atomic E-state index is 11.1. The van der Waals surface area contributed by atoms with Gasteiger partial charge in [-0.05, 0) is 31.1 Å². The van der Waals surface area contributed by atoms with E-state index in [9.17, 15) is 4.79 Å². The molecule has 1 aliphatic heterocycles. The van der Waals surface area contributed by atoms with E-state index in [2.05, 4.69) is 4.90 Å². The molecule has 0 aromatic carbocycles. The number of hydrogen-bond acceptors (Lipinski definition) is 2. The summed E-state index contributed by atoms with van der Waals surface area (Å²) in [6, 6.07) is 0. The summed E-state index contributed by atoms with van der Waals surface area (Å²) in [6.45, 7) is 2.36. The average molecular weight is 223 g/mol. The highest BCUT2D eigenvalue weighted by Gasteiger charge is 2.57. The Morgan fingerprint density at radius 2 is 1.69 bits per heavy atom. The Labute approximate surface area is 96.8 Å². The second-order valence-electron chi connectivity index (χ2n) is 6.21. The van der Waals surface area contributed by atoms with Crippen LogP contribution in [0, 0.1) is 5.41 Å². The number of nitrogens with zero attached hydrogens (tertiary/aromatic N) is 1. The van der Waals surface area contributed by atoms with Crippen molar-refractivity contribution in [2.75, 3.05) is 13.1 Å². The number of hydrogen-bond donors (Lipinski definition) is 1. The summed E-state index contributed by atoms with van der Waals surface area (Å²) in [6.07, 6.45) is 9.07. The number of carboxylic acids is 1. The minimum absolute atomic E-state index is 0.0257. The topological polar surface area (TPSA) is 40.5 Å². The first-order chi connectivity index (χ1) is 7.64. The molecule has 3 fully saturated rings. The van der Waals surface area contributed by atoms with Crippen LogP contribution in [0.15, 0.2) is 0 Å². The third-order valence-corrected chi connectivity index (χ3v) is 4.95. The molecule has 0 unspecified atom stereocenters. The van der Waals surface area contributed by atoms with Crippen LogP contribution in [-0.2, 0) is 4.79 Å². The summed E-state index contributed by atoms with van der Waals surface area (Å²) in [7, 11) is 0. The van der Waals surface area contributed by atoms with Crippen LogP contribution < -0.4 is 0 Å². The number of carboxylic acid groups (broad SMARTS) is 1. The van der Waals surface area contributed by atoms with Crippen molar-refractivity contribution in [2.24, 2.45) is 5.41 Å². The SMILES string of the molecule is O=C(O)CC1(N2CC3(CC3)C2)CCCCC1. The van der Waals surface area contributed by atoms with Crippen molar-refractivity contribution >= 4 is 5.97 Å². The summed E-state index contributed by atoms with van der Waals surface area (Å²) in [5.74, 6) is -0.612. The lowest BCUT2D eigenvalue weighted by molar-refractivity contribution is -0.144. The van der Waals surface area contributed by atoms with E-state index in [1.807, 2.05) is 0 Å². The number of rotatable bonds is 3. The Morgan fingerprint density at radius 1 is 1.06 bits per heavy atom. The predicted octanol–water partition coefficient (Wildman–Crippen LogP) is 2.26. The Kier molecular flexibility index (Phi) is 2.29. The molecule has 0 aromatic heterocycles. The van der Waals surface area contributed by atoms with Crippen molar-refractivity contribution in [1.29, 1.82) is 0 Å². The molecule has 3 nitrogen and oxygen atoms in total. The quantitative estimate of drug-likeness (QED) is 0.798. The van der Waals surface area contributed by atoms with Crippen molar-refractivity contribution in [3.63, 3.8) is 0 Å². The Bertz CT molecular complexity index is 295. The maximum absolute atomic E-state index is 11.1. The summed E-state index contributed by atoms with van der Waals surface area (Å²) in [4.78, 5) is 13.6. The fourth-order valence-corrected chi connectivity index (χ4v) is 3.69. The molecule has 2 aliphatic carbocycles. The number of carbonyl (C=O) groups is 1. The van der Waals surface area contributed by atoms with E-state index in [1.54, 1.807) is 0 Å². The van der Waals surface area contributed by atoms with Gasteiger partial charge in [0.05, 0.1) is 6.42 Å². The molecular formula is C13H21NO2. The van der Waals surface area contributed by atoms with Crippen molar-refractivity contribution in [2.45, 2.75) is 56.9 Å². The zero-order chi connectivity index (χ0) is 11.2. The van der Waals surface area contributed by atoms with Crippen LogP contribution in [0.5, 0.6) is 0 Å². The van der Waals surface area contributed by atoms with Crippen molar-refractivity contribution in [1.82, 2.24) is 4.90 Å². The van der Waals surface area contributed by atoms with Crippen LogP contribution in [0.3, 0.4) is 0 Å². The summed E-state index contributed by atoms with van der Waals surface area (Å²) >= 11 is 0. The number of likely N-dealkylation sites (tertiary alicyclic amines) is 1. The van der Waals surface area contributed by atoms with Gasteiger partial charge in [0.15, 0.2) is 0 Å². The van der Waals surface area contributed by atoms with Gasteiger partial charge in [-0.15, -0.1) is 0 Å². The first-order valence-corrected chi connectivity index (χ1v) is 6.61. The normalized spacial score (nSPS) is 31.0. The van der Waals surface area contributed by atoms with E-state index in [0.717, 1.165) is 12.8 Å². The molecule has 3 aliphatic rings. The first-order valence-electron chi connectivity index (χ1n) is 6.61. The third kappa shape index (κ3) is 1.65. The molecule has 0 radical (unpaired) electrons. The van der Waals surface area contributed by atoms with Gasteiger partial charge >= 0.3 is 5.97 Å². The van der Waals surface area contributed by atoms with Crippen molar-refractivity contribution in [3.05, 3.63) is 0 Å². The minimum Gasteiger partial charge on any atom is -0.481 e. The van der Waals surface area contributed by atoms with Gasteiger partial charge in [0.25, 0.3) is 0 Å². The van der Waals surface area contributed by atoms with Gasteiger partial charge < -0.3 is 5.11 Å². The maximum Gasteiger partial charge on any atom is 0.305 e. The largest absolute Gasteiger partial charge is 0.481 e. The summed E-state index contributed by atoms with van der Waals surface area (Å²) in [5.41, 5.74) is 0.668. The molecule has 0 aromatic rings. The van der Waals surface area contributed by atoms with Gasteiger partial charge in [0, 0.05) is 18.6 Å². The van der Waals surface area contributed by atoms with Crippen LogP contribution in [0.4, 0.5) is 0 Å². The first kappa shape index (κ1) is 10.6. The second-order valence-corrected chi connectivity index (χ2v) is 6.21. The monoisotopic (exact) mass is 223 g/mol. The molecule has 0 atom stereocenters. The van der Waals surface area contributed by atoms with Crippen LogP contribution in [0.2, 0.25) is 0 Å². The lowest BCUT2D eigenvalue weighted by atomic mass is 9.74. The van der Waals surface area contributed by atoms with E-state index >= 15 is 0 Å². The minimum atomic E-state index is -0.612. The van der Waals surface area contributed by atoms with Gasteiger partial charge in [-0.3, -0.25) is 9.69 Å². The highest BCUT2D eigenvalue weighted by atomic mass is 16.4. The van der Waals surface area contributed by atoms with Crippen molar-refractivity contribution < 1.29 is 9.90 Å². The van der Waals surface area contributed by atoms with E-state index in [1.165, 1.54) is 45.2 Å². The zero-order valence-corrected chi connectivity index (χ0v) is 9.87. The molecule has 90 valence electrons. The van der Waals surface area contributed by atoms with Crippen LogP contribution in [0.1, 0.15) is 51.4 Å². The number of aliphatic carboxylic acids is 1. The standard InChI is InChI=1S/C13H21NO2/c15-11(16)8-13(4-2-1-3-5-13)14-9-12(10-14)6-7-12/h1-10H2,(H,15,16). The molecule has 3 heteroatoms.